The number of thiazole rings is 1. The Morgan fingerprint density at radius 1 is 1.12 bits per heavy atom. The maximum atomic E-state index is 12.6. The first-order valence-corrected chi connectivity index (χ1v) is 12.2. The predicted octanol–water partition coefficient (Wildman–Crippen LogP) is 3.22. The fourth-order valence-electron chi connectivity index (χ4n) is 3.49. The fraction of sp³-hybridized carbons (Fsp3) is 0.227. The van der Waals surface area contributed by atoms with Gasteiger partial charge in [-0.3, -0.25) is 14.9 Å². The number of nitrogens with one attached hydrogen (secondary N) is 1. The number of nitrogens with zero attached hydrogens (tertiary/aromatic N) is 3. The van der Waals surface area contributed by atoms with Crippen molar-refractivity contribution in [2.45, 2.75) is 18.2 Å². The third-order valence-electron chi connectivity index (χ3n) is 5.28. The smallest absolute Gasteiger partial charge is 0.257 e. The van der Waals surface area contributed by atoms with Crippen LogP contribution >= 0.6 is 11.3 Å². The maximum Gasteiger partial charge on any atom is 0.257 e. The van der Waals surface area contributed by atoms with Crippen LogP contribution in [0.3, 0.4) is 0 Å². The highest BCUT2D eigenvalue weighted by molar-refractivity contribution is 7.89. The van der Waals surface area contributed by atoms with Gasteiger partial charge in [0.25, 0.3) is 5.91 Å². The lowest BCUT2D eigenvalue weighted by Crippen LogP contribution is -2.25. The van der Waals surface area contributed by atoms with Crippen LogP contribution in [0.4, 0.5) is 10.8 Å². The van der Waals surface area contributed by atoms with Crippen LogP contribution < -0.4 is 10.2 Å². The number of carbonyl (C=O) groups is 2. The lowest BCUT2D eigenvalue weighted by atomic mass is 10.1. The van der Waals surface area contributed by atoms with Gasteiger partial charge in [-0.2, -0.15) is 0 Å². The molecular weight excluding hydrogens is 448 g/mol. The summed E-state index contributed by atoms with van der Waals surface area (Å²) in [4.78, 5) is 30.8. The van der Waals surface area contributed by atoms with Crippen molar-refractivity contribution in [3.8, 4) is 11.3 Å². The standard InChI is InChI=1S/C22H22N4O4S2/c1-14(27)26-11-10-15-4-5-17(12-20(15)26)19-13-31-22(23-19)24-21(28)16-6-8-18(9-7-16)32(29,30)25(2)3/h4-9,12-13H,10-11H2,1-3H3,(H,23,24,28). The van der Waals surface area contributed by atoms with Gasteiger partial charge in [0.15, 0.2) is 5.13 Å². The van der Waals surface area contributed by atoms with Crippen LogP contribution in [0.25, 0.3) is 11.3 Å². The molecule has 1 N–H and O–H groups in total. The van der Waals surface area contributed by atoms with Crippen LogP contribution in [0.2, 0.25) is 0 Å². The van der Waals surface area contributed by atoms with Crippen molar-refractivity contribution in [1.82, 2.24) is 9.29 Å². The van der Waals surface area contributed by atoms with Gasteiger partial charge in [0, 0.05) is 49.8 Å². The van der Waals surface area contributed by atoms with Crippen molar-refractivity contribution in [3.05, 3.63) is 59.0 Å². The predicted molar refractivity (Wildman–Crippen MR) is 125 cm³/mol. The van der Waals surface area contributed by atoms with E-state index in [1.807, 2.05) is 23.6 Å². The average Bonchev–Trinajstić information content (AvgIpc) is 3.40. The van der Waals surface area contributed by atoms with Crippen molar-refractivity contribution in [2.75, 3.05) is 30.9 Å². The Hall–Kier alpha value is -3.08. The summed E-state index contributed by atoms with van der Waals surface area (Å²) in [6.45, 7) is 2.24. The van der Waals surface area contributed by atoms with Gasteiger partial charge in [0.1, 0.15) is 0 Å². The number of hydrogen-bond acceptors (Lipinski definition) is 6. The number of amides is 2. The summed E-state index contributed by atoms with van der Waals surface area (Å²) in [6.07, 6.45) is 0.836. The molecule has 2 aromatic carbocycles. The quantitative estimate of drug-likeness (QED) is 0.617. The molecule has 3 aromatic rings. The molecule has 0 bridgehead atoms. The van der Waals surface area contributed by atoms with E-state index >= 15 is 0 Å². The average molecular weight is 471 g/mol. The molecule has 0 radical (unpaired) electrons. The molecule has 2 heterocycles. The minimum atomic E-state index is -3.55. The van der Waals surface area contributed by atoms with Gasteiger partial charge in [0.05, 0.1) is 10.6 Å². The van der Waals surface area contributed by atoms with Gasteiger partial charge in [-0.25, -0.2) is 17.7 Å². The van der Waals surface area contributed by atoms with Crippen LogP contribution in [0.1, 0.15) is 22.8 Å². The summed E-state index contributed by atoms with van der Waals surface area (Å²) in [6, 6.07) is 11.7. The molecule has 0 fully saturated rings. The normalized spacial score (nSPS) is 13.3. The Labute approximate surface area is 190 Å². The molecule has 1 aliphatic heterocycles. The fourth-order valence-corrected chi connectivity index (χ4v) is 5.10. The molecule has 32 heavy (non-hydrogen) atoms. The maximum absolute atomic E-state index is 12.6. The molecule has 8 nitrogen and oxygen atoms in total. The summed E-state index contributed by atoms with van der Waals surface area (Å²) in [5, 5.41) is 5.03. The SMILES string of the molecule is CC(=O)N1CCc2ccc(-c3csc(NC(=O)c4ccc(S(=O)(=O)N(C)C)cc4)n3)cc21. The number of benzene rings is 2. The van der Waals surface area contributed by atoms with Crippen molar-refractivity contribution in [1.29, 1.82) is 0 Å². The Kier molecular flexibility index (Phi) is 5.85. The zero-order valence-electron chi connectivity index (χ0n) is 17.8. The molecule has 166 valence electrons. The molecule has 2 amide bonds. The summed E-state index contributed by atoms with van der Waals surface area (Å²) >= 11 is 1.29. The van der Waals surface area contributed by atoms with Crippen molar-refractivity contribution in [3.63, 3.8) is 0 Å². The van der Waals surface area contributed by atoms with E-state index in [1.165, 1.54) is 49.7 Å². The molecular formula is C22H22N4O4S2. The molecule has 0 saturated carbocycles. The second kappa shape index (κ2) is 8.45. The minimum Gasteiger partial charge on any atom is -0.312 e. The van der Waals surface area contributed by atoms with E-state index in [1.54, 1.807) is 11.8 Å². The Morgan fingerprint density at radius 2 is 1.84 bits per heavy atom. The third-order valence-corrected chi connectivity index (χ3v) is 7.86. The van der Waals surface area contributed by atoms with E-state index in [0.29, 0.717) is 22.9 Å². The highest BCUT2D eigenvalue weighted by Gasteiger charge is 2.23. The van der Waals surface area contributed by atoms with Crippen LogP contribution in [-0.2, 0) is 21.2 Å². The Bertz CT molecular complexity index is 1300. The van der Waals surface area contributed by atoms with Crippen molar-refractivity contribution < 1.29 is 18.0 Å². The highest BCUT2D eigenvalue weighted by Crippen LogP contribution is 2.34. The monoisotopic (exact) mass is 470 g/mol. The number of sulfonamides is 1. The lowest BCUT2D eigenvalue weighted by Gasteiger charge is -2.15. The van der Waals surface area contributed by atoms with E-state index in [4.69, 9.17) is 0 Å². The van der Waals surface area contributed by atoms with E-state index in [2.05, 4.69) is 10.3 Å². The van der Waals surface area contributed by atoms with E-state index in [9.17, 15) is 18.0 Å². The summed E-state index contributed by atoms with van der Waals surface area (Å²) in [5.41, 5.74) is 3.94. The van der Waals surface area contributed by atoms with E-state index < -0.39 is 10.0 Å². The molecule has 0 spiro atoms. The third kappa shape index (κ3) is 4.16. The second-order valence-corrected chi connectivity index (χ2v) is 10.6. The Balaban J connectivity index is 1.50. The zero-order valence-corrected chi connectivity index (χ0v) is 19.5. The van der Waals surface area contributed by atoms with Gasteiger partial charge < -0.3 is 4.90 Å². The molecule has 0 atom stereocenters. The number of fused-ring (bicyclic) bond motifs is 1. The van der Waals surface area contributed by atoms with E-state index in [-0.39, 0.29) is 16.7 Å². The van der Waals surface area contributed by atoms with Gasteiger partial charge >= 0.3 is 0 Å². The van der Waals surface area contributed by atoms with Gasteiger partial charge in [-0.15, -0.1) is 11.3 Å². The van der Waals surface area contributed by atoms with Gasteiger partial charge in [0.2, 0.25) is 15.9 Å². The topological polar surface area (TPSA) is 99.7 Å². The number of anilines is 2. The first kappa shape index (κ1) is 22.1. The zero-order chi connectivity index (χ0) is 23.0. The van der Waals surface area contributed by atoms with Crippen LogP contribution in [-0.4, -0.2) is 50.2 Å². The summed E-state index contributed by atoms with van der Waals surface area (Å²) in [7, 11) is -0.647. The summed E-state index contributed by atoms with van der Waals surface area (Å²) < 4.78 is 25.4. The second-order valence-electron chi connectivity index (χ2n) is 7.57. The first-order chi connectivity index (χ1) is 15.2. The molecule has 0 aliphatic carbocycles. The van der Waals surface area contributed by atoms with Crippen LogP contribution in [0.5, 0.6) is 0 Å². The molecule has 4 rings (SSSR count). The molecule has 0 unspecified atom stereocenters. The van der Waals surface area contributed by atoms with Crippen LogP contribution in [0.15, 0.2) is 52.7 Å². The van der Waals surface area contributed by atoms with Crippen molar-refractivity contribution >= 4 is 44.0 Å². The first-order valence-electron chi connectivity index (χ1n) is 9.87. The number of carbonyl (C=O) groups excluding carboxylic acids is 2. The highest BCUT2D eigenvalue weighted by atomic mass is 32.2. The van der Waals surface area contributed by atoms with Crippen LogP contribution in [0, 0.1) is 0 Å². The largest absolute Gasteiger partial charge is 0.312 e. The van der Waals surface area contributed by atoms with E-state index in [0.717, 1.165) is 27.5 Å². The molecule has 1 aliphatic rings. The molecule has 1 aromatic heterocycles. The Morgan fingerprint density at radius 3 is 2.50 bits per heavy atom. The lowest BCUT2D eigenvalue weighted by molar-refractivity contribution is -0.116. The number of aromatic nitrogens is 1. The van der Waals surface area contributed by atoms with Gasteiger partial charge in [-0.05, 0) is 42.3 Å². The van der Waals surface area contributed by atoms with Crippen molar-refractivity contribution in [2.24, 2.45) is 0 Å². The van der Waals surface area contributed by atoms with Gasteiger partial charge in [-0.1, -0.05) is 12.1 Å². The number of rotatable bonds is 5. The minimum absolute atomic E-state index is 0.0107. The molecule has 0 saturated heterocycles. The summed E-state index contributed by atoms with van der Waals surface area (Å²) in [5.74, 6) is -0.368. The number of hydrogen-bond donors (Lipinski definition) is 1. The molecule has 10 heteroatoms.